The summed E-state index contributed by atoms with van der Waals surface area (Å²) in [7, 11) is 1.34. The molecule has 5 rings (SSSR count). The van der Waals surface area contributed by atoms with Crippen LogP contribution in [0, 0.1) is 3.57 Å². The van der Waals surface area contributed by atoms with E-state index in [0.717, 1.165) is 26.6 Å². The van der Waals surface area contributed by atoms with E-state index >= 15 is 0 Å². The average Bonchev–Trinajstić information content (AvgIpc) is 3.36. The SMILES string of the molecule is COc1cc(C=NNC(=O)c2[nH]c3ccc(I)cc3c2-c2ccccc2Cl)ccc1OC(=O)c1cccc(C(F)(F)F)c1. The molecule has 0 spiro atoms. The molecule has 2 N–H and O–H groups in total. The standard InChI is InChI=1S/C31H20ClF3IN3O4/c1-42-26-13-17(9-12-25(26)43-30(41)18-5-4-6-19(14-18)31(33,34)35)16-37-39-29(40)28-27(21-7-2-3-8-23(21)32)22-15-20(36)10-11-24(22)38-28/h2-16,38H,1H3,(H,39,40). The fraction of sp³-hybridized carbons (Fsp3) is 0.0645. The Balaban J connectivity index is 1.35. The molecule has 1 heterocycles. The number of hydrogen-bond donors (Lipinski definition) is 2. The number of amides is 1. The molecule has 0 aliphatic heterocycles. The first-order valence-corrected chi connectivity index (χ1v) is 14.0. The van der Waals surface area contributed by atoms with Gasteiger partial charge in [0.2, 0.25) is 0 Å². The van der Waals surface area contributed by atoms with E-state index in [2.05, 4.69) is 38.1 Å². The number of halogens is 5. The molecule has 0 fully saturated rings. The molecular weight excluding hydrogens is 698 g/mol. The highest BCUT2D eigenvalue weighted by Crippen LogP contribution is 2.37. The molecule has 0 radical (unpaired) electrons. The van der Waals surface area contributed by atoms with Crippen LogP contribution in [0.3, 0.4) is 0 Å². The number of hydrazone groups is 1. The van der Waals surface area contributed by atoms with Crippen LogP contribution in [0.2, 0.25) is 5.02 Å². The number of methoxy groups -OCH3 is 1. The van der Waals surface area contributed by atoms with E-state index in [1.807, 2.05) is 30.3 Å². The number of benzene rings is 4. The van der Waals surface area contributed by atoms with Crippen LogP contribution in [-0.2, 0) is 6.18 Å². The zero-order valence-corrected chi connectivity index (χ0v) is 25.0. The zero-order chi connectivity index (χ0) is 30.7. The monoisotopic (exact) mass is 717 g/mol. The highest BCUT2D eigenvalue weighted by molar-refractivity contribution is 14.1. The lowest BCUT2D eigenvalue weighted by Crippen LogP contribution is -2.19. The maximum atomic E-state index is 13.3. The number of H-pyrrole nitrogens is 1. The molecule has 1 aromatic heterocycles. The highest BCUT2D eigenvalue weighted by atomic mass is 127. The Hall–Kier alpha value is -4.36. The van der Waals surface area contributed by atoms with Crippen molar-refractivity contribution in [1.29, 1.82) is 0 Å². The third-order valence-corrected chi connectivity index (χ3v) is 7.33. The fourth-order valence-electron chi connectivity index (χ4n) is 4.33. The van der Waals surface area contributed by atoms with Crippen LogP contribution in [0.15, 0.2) is 90.0 Å². The van der Waals surface area contributed by atoms with Gasteiger partial charge >= 0.3 is 12.1 Å². The second-order valence-electron chi connectivity index (χ2n) is 9.12. The minimum Gasteiger partial charge on any atom is -0.493 e. The molecule has 1 amide bonds. The molecule has 12 heteroatoms. The first kappa shape index (κ1) is 30.1. The largest absolute Gasteiger partial charge is 0.493 e. The van der Waals surface area contributed by atoms with Crippen LogP contribution in [0.4, 0.5) is 13.2 Å². The van der Waals surface area contributed by atoms with Gasteiger partial charge in [-0.1, -0.05) is 35.9 Å². The van der Waals surface area contributed by atoms with Crippen LogP contribution in [-0.4, -0.2) is 30.2 Å². The number of aromatic amines is 1. The zero-order valence-electron chi connectivity index (χ0n) is 22.1. The number of aromatic nitrogens is 1. The maximum Gasteiger partial charge on any atom is 0.416 e. The number of esters is 1. The summed E-state index contributed by atoms with van der Waals surface area (Å²) < 4.78 is 50.6. The first-order valence-electron chi connectivity index (χ1n) is 12.5. The molecule has 0 aliphatic carbocycles. The molecule has 0 aliphatic rings. The van der Waals surface area contributed by atoms with Gasteiger partial charge in [0.25, 0.3) is 5.91 Å². The van der Waals surface area contributed by atoms with E-state index < -0.39 is 23.6 Å². The molecule has 5 aromatic rings. The lowest BCUT2D eigenvalue weighted by molar-refractivity contribution is -0.137. The Morgan fingerprint density at radius 3 is 2.51 bits per heavy atom. The van der Waals surface area contributed by atoms with Crippen LogP contribution in [0.5, 0.6) is 11.5 Å². The third kappa shape index (κ3) is 6.67. The number of carbonyl (C=O) groups excluding carboxylic acids is 2. The molecule has 0 bridgehead atoms. The smallest absolute Gasteiger partial charge is 0.416 e. The van der Waals surface area contributed by atoms with Gasteiger partial charge < -0.3 is 14.5 Å². The molecule has 218 valence electrons. The molecular formula is C31H20ClF3IN3O4. The van der Waals surface area contributed by atoms with Crippen molar-refractivity contribution in [3.8, 4) is 22.6 Å². The average molecular weight is 718 g/mol. The van der Waals surface area contributed by atoms with Crippen LogP contribution < -0.4 is 14.9 Å². The summed E-state index contributed by atoms with van der Waals surface area (Å²) in [6.07, 6.45) is -3.24. The Morgan fingerprint density at radius 2 is 1.77 bits per heavy atom. The molecule has 0 atom stereocenters. The van der Waals surface area contributed by atoms with Crippen molar-refractivity contribution in [2.75, 3.05) is 7.11 Å². The lowest BCUT2D eigenvalue weighted by atomic mass is 10.0. The number of fused-ring (bicyclic) bond motifs is 1. The molecule has 0 saturated heterocycles. The van der Waals surface area contributed by atoms with Crippen molar-refractivity contribution in [2.24, 2.45) is 5.10 Å². The number of alkyl halides is 3. The van der Waals surface area contributed by atoms with Crippen molar-refractivity contribution < 1.29 is 32.2 Å². The minimum atomic E-state index is -4.60. The van der Waals surface area contributed by atoms with Gasteiger partial charge in [-0.2, -0.15) is 18.3 Å². The summed E-state index contributed by atoms with van der Waals surface area (Å²) in [6.45, 7) is 0. The summed E-state index contributed by atoms with van der Waals surface area (Å²) in [5.41, 5.74) is 4.11. The third-order valence-electron chi connectivity index (χ3n) is 6.33. The predicted molar refractivity (Wildman–Crippen MR) is 166 cm³/mol. The van der Waals surface area contributed by atoms with Crippen molar-refractivity contribution in [1.82, 2.24) is 10.4 Å². The summed E-state index contributed by atoms with van der Waals surface area (Å²) in [5.74, 6) is -1.37. The van der Waals surface area contributed by atoms with E-state index in [4.69, 9.17) is 21.1 Å². The number of rotatable bonds is 7. The van der Waals surface area contributed by atoms with Crippen molar-refractivity contribution in [2.45, 2.75) is 6.18 Å². The van der Waals surface area contributed by atoms with E-state index in [1.165, 1.54) is 37.6 Å². The summed E-state index contributed by atoms with van der Waals surface area (Å²) in [5, 5.41) is 5.37. The summed E-state index contributed by atoms with van der Waals surface area (Å²) in [4.78, 5) is 28.9. The van der Waals surface area contributed by atoms with Crippen molar-refractivity contribution >= 4 is 63.2 Å². The topological polar surface area (TPSA) is 92.8 Å². The van der Waals surface area contributed by atoms with Gasteiger partial charge in [0, 0.05) is 30.6 Å². The quantitative estimate of drug-likeness (QED) is 0.0585. The van der Waals surface area contributed by atoms with Gasteiger partial charge in [0.05, 0.1) is 24.5 Å². The van der Waals surface area contributed by atoms with E-state index in [-0.39, 0.29) is 22.8 Å². The molecule has 43 heavy (non-hydrogen) atoms. The van der Waals surface area contributed by atoms with Gasteiger partial charge in [-0.3, -0.25) is 4.79 Å². The number of ether oxygens (including phenoxy) is 2. The number of nitrogens with one attached hydrogen (secondary N) is 2. The Kier molecular flexibility index (Phi) is 8.74. The van der Waals surface area contributed by atoms with Crippen molar-refractivity contribution in [3.63, 3.8) is 0 Å². The second-order valence-corrected chi connectivity index (χ2v) is 10.8. The normalized spacial score (nSPS) is 11.6. The predicted octanol–water partition coefficient (Wildman–Crippen LogP) is 8.10. The summed E-state index contributed by atoms with van der Waals surface area (Å²) >= 11 is 8.68. The van der Waals surface area contributed by atoms with Gasteiger partial charge in [0.15, 0.2) is 11.5 Å². The molecule has 0 unspecified atom stereocenters. The van der Waals surface area contributed by atoms with Gasteiger partial charge in [0.1, 0.15) is 5.69 Å². The Morgan fingerprint density at radius 1 is 0.977 bits per heavy atom. The van der Waals surface area contributed by atoms with E-state index in [9.17, 15) is 22.8 Å². The minimum absolute atomic E-state index is 0.0109. The molecule has 4 aromatic carbocycles. The molecule has 7 nitrogen and oxygen atoms in total. The molecule has 0 saturated carbocycles. The number of nitrogens with zero attached hydrogens (tertiary/aromatic N) is 1. The van der Waals surface area contributed by atoms with Crippen LogP contribution in [0.25, 0.3) is 22.0 Å². The fourth-order valence-corrected chi connectivity index (χ4v) is 5.05. The second kappa shape index (κ2) is 12.5. The maximum absolute atomic E-state index is 13.3. The van der Waals surface area contributed by atoms with Crippen LogP contribution in [0.1, 0.15) is 32.0 Å². The van der Waals surface area contributed by atoms with Crippen molar-refractivity contribution in [3.05, 3.63) is 116 Å². The Bertz CT molecular complexity index is 1890. The van der Waals surface area contributed by atoms with E-state index in [0.29, 0.717) is 27.8 Å². The van der Waals surface area contributed by atoms with Gasteiger partial charge in [-0.05, 0) is 88.8 Å². The first-order chi connectivity index (χ1) is 20.5. The lowest BCUT2D eigenvalue weighted by Gasteiger charge is -2.11. The van der Waals surface area contributed by atoms with Gasteiger partial charge in [-0.25, -0.2) is 10.2 Å². The highest BCUT2D eigenvalue weighted by Gasteiger charge is 2.31. The number of hydrogen-bond acceptors (Lipinski definition) is 5. The van der Waals surface area contributed by atoms with E-state index in [1.54, 1.807) is 12.1 Å². The van der Waals surface area contributed by atoms with Crippen LogP contribution >= 0.6 is 34.2 Å². The summed E-state index contributed by atoms with van der Waals surface area (Å²) in [6, 6.07) is 21.3. The van der Waals surface area contributed by atoms with Gasteiger partial charge in [-0.15, -0.1) is 0 Å². The number of carbonyl (C=O) groups is 2. The Labute approximate surface area is 261 Å².